The van der Waals surface area contributed by atoms with Crippen LogP contribution in [0.25, 0.3) is 6.08 Å². The van der Waals surface area contributed by atoms with Gasteiger partial charge >= 0.3 is 0 Å². The first-order valence-electron chi connectivity index (χ1n) is 8.22. The van der Waals surface area contributed by atoms with Crippen molar-refractivity contribution in [3.8, 4) is 5.75 Å². The van der Waals surface area contributed by atoms with Crippen LogP contribution >= 0.6 is 0 Å². The van der Waals surface area contributed by atoms with Gasteiger partial charge in [-0.15, -0.1) is 0 Å². The Morgan fingerprint density at radius 2 is 1.87 bits per heavy atom. The monoisotopic (exact) mass is 305 g/mol. The largest absolute Gasteiger partial charge is 0.491 e. The first kappa shape index (κ1) is 15.5. The van der Waals surface area contributed by atoms with Crippen molar-refractivity contribution in [1.82, 2.24) is 0 Å². The van der Waals surface area contributed by atoms with Gasteiger partial charge in [-0.3, -0.25) is 4.99 Å². The molecular formula is C21H23NO. The number of rotatable bonds is 4. The Hall–Kier alpha value is -2.35. The Bertz CT molecular complexity index is 729. The van der Waals surface area contributed by atoms with Crippen molar-refractivity contribution >= 4 is 11.8 Å². The first-order valence-corrected chi connectivity index (χ1v) is 8.22. The second-order valence-corrected chi connectivity index (χ2v) is 6.30. The predicted octanol–water partition coefficient (Wildman–Crippen LogP) is 4.92. The van der Waals surface area contributed by atoms with Crippen molar-refractivity contribution in [2.45, 2.75) is 39.3 Å². The summed E-state index contributed by atoms with van der Waals surface area (Å²) in [4.78, 5) is 4.82. The summed E-state index contributed by atoms with van der Waals surface area (Å²) < 4.78 is 5.82. The van der Waals surface area contributed by atoms with Crippen molar-refractivity contribution in [1.29, 1.82) is 0 Å². The Morgan fingerprint density at radius 3 is 2.61 bits per heavy atom. The maximum Gasteiger partial charge on any atom is 0.120 e. The zero-order valence-corrected chi connectivity index (χ0v) is 14.0. The van der Waals surface area contributed by atoms with Gasteiger partial charge in [-0.1, -0.05) is 36.4 Å². The number of hydrogen-bond donors (Lipinski definition) is 0. The molecule has 0 radical (unpaired) electrons. The number of nitrogens with zero attached hydrogens (tertiary/aromatic N) is 1. The minimum Gasteiger partial charge on any atom is -0.491 e. The number of aliphatic imine (C=N–C) groups is 1. The Balaban J connectivity index is 1.89. The fourth-order valence-corrected chi connectivity index (χ4v) is 2.88. The highest BCUT2D eigenvalue weighted by Gasteiger charge is 2.17. The molecule has 1 aliphatic rings. The van der Waals surface area contributed by atoms with Crippen LogP contribution in [0, 0.1) is 0 Å². The predicted molar refractivity (Wildman–Crippen MR) is 97.4 cm³/mol. The van der Waals surface area contributed by atoms with Crippen LogP contribution in [0.4, 0.5) is 0 Å². The minimum atomic E-state index is 0.195. The molecule has 23 heavy (non-hydrogen) atoms. The first-order chi connectivity index (χ1) is 11.1. The van der Waals surface area contributed by atoms with E-state index in [1.165, 1.54) is 16.7 Å². The number of fused-ring (bicyclic) bond motifs is 1. The number of ether oxygens (including phenoxy) is 1. The standard InChI is InChI=1S/C21H23NO/c1-15(2)23-19-10-11-20-18(14-19)13-16(3)22-21(20)12-9-17-7-5-4-6-8-17/h4-12,14-16H,13H2,1-3H3/b12-9+. The quantitative estimate of drug-likeness (QED) is 0.785. The highest BCUT2D eigenvalue weighted by atomic mass is 16.5. The molecule has 2 heteroatoms. The smallest absolute Gasteiger partial charge is 0.120 e. The van der Waals surface area contributed by atoms with E-state index in [-0.39, 0.29) is 6.10 Å². The molecule has 0 amide bonds. The molecule has 1 aliphatic heterocycles. The average molecular weight is 305 g/mol. The Kier molecular flexibility index (Phi) is 4.61. The molecular weight excluding hydrogens is 282 g/mol. The Morgan fingerprint density at radius 1 is 1.09 bits per heavy atom. The molecule has 1 heterocycles. The third-order valence-corrected chi connectivity index (χ3v) is 3.83. The van der Waals surface area contributed by atoms with Crippen LogP contribution in [0.3, 0.4) is 0 Å². The summed E-state index contributed by atoms with van der Waals surface area (Å²) in [5.41, 5.74) is 4.78. The third kappa shape index (κ3) is 3.89. The van der Waals surface area contributed by atoms with Crippen LogP contribution in [0.5, 0.6) is 5.75 Å². The van der Waals surface area contributed by atoms with E-state index in [2.05, 4.69) is 69.3 Å². The normalized spacial score (nSPS) is 17.2. The second-order valence-electron chi connectivity index (χ2n) is 6.30. The zero-order valence-electron chi connectivity index (χ0n) is 14.0. The van der Waals surface area contributed by atoms with Crippen LogP contribution < -0.4 is 4.74 Å². The van der Waals surface area contributed by atoms with Crippen molar-refractivity contribution in [3.63, 3.8) is 0 Å². The molecule has 2 aromatic rings. The molecule has 0 N–H and O–H groups in total. The van der Waals surface area contributed by atoms with Crippen molar-refractivity contribution in [3.05, 3.63) is 71.3 Å². The molecule has 1 unspecified atom stereocenters. The molecule has 2 aromatic carbocycles. The average Bonchev–Trinajstić information content (AvgIpc) is 2.52. The summed E-state index contributed by atoms with van der Waals surface area (Å²) in [6.07, 6.45) is 5.40. The van der Waals surface area contributed by atoms with Gasteiger partial charge in [-0.2, -0.15) is 0 Å². The van der Waals surface area contributed by atoms with Crippen LogP contribution in [-0.4, -0.2) is 17.9 Å². The number of hydrogen-bond acceptors (Lipinski definition) is 2. The third-order valence-electron chi connectivity index (χ3n) is 3.83. The molecule has 0 aliphatic carbocycles. The lowest BCUT2D eigenvalue weighted by atomic mass is 9.93. The number of benzene rings is 2. The highest BCUT2D eigenvalue weighted by Crippen LogP contribution is 2.26. The van der Waals surface area contributed by atoms with Crippen molar-refractivity contribution < 1.29 is 4.74 Å². The van der Waals surface area contributed by atoms with E-state index < -0.39 is 0 Å². The molecule has 0 aromatic heterocycles. The van der Waals surface area contributed by atoms with Gasteiger partial charge in [0.15, 0.2) is 0 Å². The topological polar surface area (TPSA) is 21.6 Å². The van der Waals surface area contributed by atoms with E-state index in [9.17, 15) is 0 Å². The molecule has 2 nitrogen and oxygen atoms in total. The van der Waals surface area contributed by atoms with E-state index in [0.29, 0.717) is 6.04 Å². The molecule has 0 saturated heterocycles. The van der Waals surface area contributed by atoms with Gasteiger partial charge in [0.1, 0.15) is 5.75 Å². The molecule has 3 rings (SSSR count). The van der Waals surface area contributed by atoms with Gasteiger partial charge in [-0.25, -0.2) is 0 Å². The Labute approximate surface area is 138 Å². The summed E-state index contributed by atoms with van der Waals surface area (Å²) in [5, 5.41) is 0. The van der Waals surface area contributed by atoms with E-state index in [1.807, 2.05) is 12.1 Å². The van der Waals surface area contributed by atoms with E-state index in [0.717, 1.165) is 17.9 Å². The van der Waals surface area contributed by atoms with E-state index in [4.69, 9.17) is 9.73 Å². The summed E-state index contributed by atoms with van der Waals surface area (Å²) >= 11 is 0. The fraction of sp³-hybridized carbons (Fsp3) is 0.286. The van der Waals surface area contributed by atoms with Gasteiger partial charge in [0, 0.05) is 5.56 Å². The zero-order chi connectivity index (χ0) is 16.2. The maximum absolute atomic E-state index is 5.82. The summed E-state index contributed by atoms with van der Waals surface area (Å²) in [5.74, 6) is 0.944. The van der Waals surface area contributed by atoms with E-state index in [1.54, 1.807) is 0 Å². The minimum absolute atomic E-state index is 0.195. The van der Waals surface area contributed by atoms with Crippen molar-refractivity contribution in [2.75, 3.05) is 0 Å². The summed E-state index contributed by atoms with van der Waals surface area (Å²) in [7, 11) is 0. The van der Waals surface area contributed by atoms with Gasteiger partial charge in [0.25, 0.3) is 0 Å². The SMILES string of the molecule is CC1Cc2cc(OC(C)C)ccc2C(/C=C/c2ccccc2)=N1. The van der Waals surface area contributed by atoms with Gasteiger partial charge < -0.3 is 4.74 Å². The molecule has 0 saturated carbocycles. The lowest BCUT2D eigenvalue weighted by Gasteiger charge is -2.21. The second kappa shape index (κ2) is 6.82. The van der Waals surface area contributed by atoms with Crippen LogP contribution in [0.15, 0.2) is 59.6 Å². The lowest BCUT2D eigenvalue weighted by Crippen LogP contribution is -2.18. The molecule has 118 valence electrons. The molecule has 1 atom stereocenters. The summed E-state index contributed by atoms with van der Waals surface area (Å²) in [6, 6.07) is 17.0. The van der Waals surface area contributed by atoms with Gasteiger partial charge in [0.2, 0.25) is 0 Å². The van der Waals surface area contributed by atoms with Crippen LogP contribution in [0.2, 0.25) is 0 Å². The van der Waals surface area contributed by atoms with E-state index >= 15 is 0 Å². The van der Waals surface area contributed by atoms with Crippen LogP contribution in [0.1, 0.15) is 37.5 Å². The molecule has 0 fully saturated rings. The molecule has 0 bridgehead atoms. The van der Waals surface area contributed by atoms with Gasteiger partial charge in [0.05, 0.1) is 17.9 Å². The van der Waals surface area contributed by atoms with Crippen molar-refractivity contribution in [2.24, 2.45) is 4.99 Å². The maximum atomic E-state index is 5.82. The number of allylic oxidation sites excluding steroid dienone is 1. The summed E-state index contributed by atoms with van der Waals surface area (Å²) in [6.45, 7) is 6.27. The lowest BCUT2D eigenvalue weighted by molar-refractivity contribution is 0.242. The molecule has 0 spiro atoms. The van der Waals surface area contributed by atoms with Gasteiger partial charge in [-0.05, 0) is 62.6 Å². The van der Waals surface area contributed by atoms with Crippen LogP contribution in [-0.2, 0) is 6.42 Å². The fourth-order valence-electron chi connectivity index (χ4n) is 2.88. The highest BCUT2D eigenvalue weighted by molar-refractivity contribution is 6.12.